The molecule has 0 atom stereocenters. The van der Waals surface area contributed by atoms with Crippen LogP contribution in [-0.4, -0.2) is 9.55 Å². The third-order valence-electron chi connectivity index (χ3n) is 2.53. The average molecular weight is 252 g/mol. The highest BCUT2D eigenvalue weighted by Gasteiger charge is 2.05. The van der Waals surface area contributed by atoms with E-state index < -0.39 is 0 Å². The highest BCUT2D eigenvalue weighted by molar-refractivity contribution is 6.29. The van der Waals surface area contributed by atoms with Crippen LogP contribution in [0.25, 0.3) is 0 Å². The van der Waals surface area contributed by atoms with Crippen molar-refractivity contribution in [1.82, 2.24) is 9.55 Å². The summed E-state index contributed by atoms with van der Waals surface area (Å²) in [6.07, 6.45) is 1.61. The van der Waals surface area contributed by atoms with Gasteiger partial charge in [0.25, 0.3) is 0 Å². The van der Waals surface area contributed by atoms with Gasteiger partial charge < -0.3 is 15.0 Å². The van der Waals surface area contributed by atoms with Gasteiger partial charge in [-0.25, -0.2) is 4.98 Å². The second-order valence-corrected chi connectivity index (χ2v) is 4.08. The summed E-state index contributed by atoms with van der Waals surface area (Å²) in [5, 5.41) is 0.597. The van der Waals surface area contributed by atoms with E-state index in [2.05, 4.69) is 4.98 Å². The van der Waals surface area contributed by atoms with E-state index in [1.54, 1.807) is 10.8 Å². The number of rotatable bonds is 4. The van der Waals surface area contributed by atoms with Crippen LogP contribution < -0.4 is 10.5 Å². The summed E-state index contributed by atoms with van der Waals surface area (Å²) in [6, 6.07) is 7.70. The number of nitrogens with two attached hydrogens (primary N) is 1. The minimum Gasteiger partial charge on any atom is -0.486 e. The number of hydrogen-bond acceptors (Lipinski definition) is 3. The monoisotopic (exact) mass is 251 g/mol. The molecule has 0 spiro atoms. The normalized spacial score (nSPS) is 10.5. The van der Waals surface area contributed by atoms with Gasteiger partial charge >= 0.3 is 0 Å². The van der Waals surface area contributed by atoms with Gasteiger partial charge in [-0.2, -0.15) is 0 Å². The van der Waals surface area contributed by atoms with Crippen LogP contribution in [0.1, 0.15) is 11.4 Å². The average Bonchev–Trinajstić information content (AvgIpc) is 2.68. The molecule has 0 saturated carbocycles. The molecule has 17 heavy (non-hydrogen) atoms. The molecule has 0 aliphatic heterocycles. The van der Waals surface area contributed by atoms with Crippen molar-refractivity contribution in [3.8, 4) is 5.75 Å². The lowest BCUT2D eigenvalue weighted by molar-refractivity contribution is 0.291. The molecule has 1 heterocycles. The molecule has 0 fully saturated rings. The van der Waals surface area contributed by atoms with Gasteiger partial charge in [0.1, 0.15) is 23.3 Å². The van der Waals surface area contributed by atoms with E-state index in [-0.39, 0.29) is 0 Å². The second-order valence-electron chi connectivity index (χ2n) is 3.70. The van der Waals surface area contributed by atoms with Crippen LogP contribution in [0.5, 0.6) is 5.75 Å². The maximum Gasteiger partial charge on any atom is 0.147 e. The Hall–Kier alpha value is -1.52. The SMILES string of the molecule is Cn1c(Cl)cnc1COc1cccc(CN)c1. The van der Waals surface area contributed by atoms with Crippen molar-refractivity contribution in [2.24, 2.45) is 12.8 Å². The van der Waals surface area contributed by atoms with Gasteiger partial charge in [-0.3, -0.25) is 0 Å². The maximum absolute atomic E-state index is 5.89. The van der Waals surface area contributed by atoms with Crippen molar-refractivity contribution in [3.63, 3.8) is 0 Å². The van der Waals surface area contributed by atoms with E-state index in [1.807, 2.05) is 31.3 Å². The first-order valence-electron chi connectivity index (χ1n) is 5.28. The molecule has 90 valence electrons. The molecule has 4 nitrogen and oxygen atoms in total. The summed E-state index contributed by atoms with van der Waals surface area (Å²) in [5.74, 6) is 1.57. The summed E-state index contributed by atoms with van der Waals surface area (Å²) in [5.41, 5.74) is 6.61. The molecule has 0 amide bonds. The van der Waals surface area contributed by atoms with Gasteiger partial charge in [0.05, 0.1) is 6.20 Å². The lowest BCUT2D eigenvalue weighted by Crippen LogP contribution is -2.04. The molecule has 2 rings (SSSR count). The first kappa shape index (κ1) is 12.0. The standard InChI is InChI=1S/C12H14ClN3O/c1-16-11(13)7-15-12(16)8-17-10-4-2-3-9(5-10)6-14/h2-5,7H,6,8,14H2,1H3. The zero-order chi connectivity index (χ0) is 12.3. The first-order valence-corrected chi connectivity index (χ1v) is 5.66. The molecular formula is C12H14ClN3O. The molecule has 1 aromatic heterocycles. The van der Waals surface area contributed by atoms with Crippen molar-refractivity contribution in [2.45, 2.75) is 13.2 Å². The zero-order valence-electron chi connectivity index (χ0n) is 9.56. The molecule has 2 N–H and O–H groups in total. The Morgan fingerprint density at radius 2 is 2.29 bits per heavy atom. The summed E-state index contributed by atoms with van der Waals surface area (Å²) < 4.78 is 7.42. The minimum absolute atomic E-state index is 0.386. The number of benzene rings is 1. The fraction of sp³-hybridized carbons (Fsp3) is 0.250. The van der Waals surface area contributed by atoms with Crippen molar-refractivity contribution >= 4 is 11.6 Å². The summed E-state index contributed by atoms with van der Waals surface area (Å²) in [6.45, 7) is 0.892. The molecule has 2 aromatic rings. The van der Waals surface area contributed by atoms with E-state index >= 15 is 0 Å². The third-order valence-corrected chi connectivity index (χ3v) is 2.88. The van der Waals surface area contributed by atoms with Crippen LogP contribution in [-0.2, 0) is 20.2 Å². The number of hydrogen-bond donors (Lipinski definition) is 1. The molecule has 0 bridgehead atoms. The Morgan fingerprint density at radius 3 is 2.94 bits per heavy atom. The lowest BCUT2D eigenvalue weighted by Gasteiger charge is -2.07. The maximum atomic E-state index is 5.89. The van der Waals surface area contributed by atoms with Gasteiger partial charge in [-0.1, -0.05) is 23.7 Å². The van der Waals surface area contributed by atoms with Crippen molar-refractivity contribution < 1.29 is 4.74 Å². The Labute approximate surface area is 105 Å². The predicted molar refractivity (Wildman–Crippen MR) is 66.9 cm³/mol. The van der Waals surface area contributed by atoms with E-state index in [9.17, 15) is 0 Å². The first-order chi connectivity index (χ1) is 8.20. The van der Waals surface area contributed by atoms with E-state index in [0.29, 0.717) is 18.3 Å². The zero-order valence-corrected chi connectivity index (χ0v) is 10.3. The van der Waals surface area contributed by atoms with Crippen LogP contribution in [0.4, 0.5) is 0 Å². The summed E-state index contributed by atoms with van der Waals surface area (Å²) >= 11 is 5.89. The quantitative estimate of drug-likeness (QED) is 0.906. The van der Waals surface area contributed by atoms with E-state index in [1.165, 1.54) is 0 Å². The fourth-order valence-electron chi connectivity index (χ4n) is 1.47. The smallest absolute Gasteiger partial charge is 0.147 e. The van der Waals surface area contributed by atoms with Crippen LogP contribution in [0.15, 0.2) is 30.5 Å². The molecule has 5 heteroatoms. The molecule has 0 saturated heterocycles. The molecule has 0 aliphatic rings. The number of ether oxygens (including phenoxy) is 1. The predicted octanol–water partition coefficient (Wildman–Crippen LogP) is 2.11. The summed E-state index contributed by atoms with van der Waals surface area (Å²) in [7, 11) is 1.85. The second kappa shape index (κ2) is 5.21. The van der Waals surface area contributed by atoms with Crippen LogP contribution in [0.2, 0.25) is 5.15 Å². The van der Waals surface area contributed by atoms with Gasteiger partial charge in [0.2, 0.25) is 0 Å². The lowest BCUT2D eigenvalue weighted by atomic mass is 10.2. The minimum atomic E-state index is 0.386. The van der Waals surface area contributed by atoms with Gasteiger partial charge in [0, 0.05) is 13.6 Å². The van der Waals surface area contributed by atoms with Gasteiger partial charge in [-0.15, -0.1) is 0 Å². The van der Waals surface area contributed by atoms with Crippen molar-refractivity contribution in [2.75, 3.05) is 0 Å². The topological polar surface area (TPSA) is 53.1 Å². The fourth-order valence-corrected chi connectivity index (χ4v) is 1.61. The van der Waals surface area contributed by atoms with Crippen molar-refractivity contribution in [3.05, 3.63) is 47.0 Å². The third kappa shape index (κ3) is 2.78. The molecule has 0 aliphatic carbocycles. The van der Waals surface area contributed by atoms with Crippen molar-refractivity contribution in [1.29, 1.82) is 0 Å². The van der Waals surface area contributed by atoms with Gasteiger partial charge in [0.15, 0.2) is 0 Å². The Morgan fingerprint density at radius 1 is 1.47 bits per heavy atom. The molecule has 0 unspecified atom stereocenters. The highest BCUT2D eigenvalue weighted by Crippen LogP contribution is 2.15. The van der Waals surface area contributed by atoms with Crippen LogP contribution >= 0.6 is 11.6 Å². The van der Waals surface area contributed by atoms with Crippen LogP contribution in [0, 0.1) is 0 Å². The van der Waals surface area contributed by atoms with Gasteiger partial charge in [-0.05, 0) is 17.7 Å². The molecular weight excluding hydrogens is 238 g/mol. The van der Waals surface area contributed by atoms with E-state index in [0.717, 1.165) is 17.1 Å². The number of aromatic nitrogens is 2. The molecule has 1 aromatic carbocycles. The van der Waals surface area contributed by atoms with Crippen LogP contribution in [0.3, 0.4) is 0 Å². The Balaban J connectivity index is 2.04. The number of halogens is 1. The van der Waals surface area contributed by atoms with E-state index in [4.69, 9.17) is 22.1 Å². The Bertz CT molecular complexity index is 510. The Kier molecular flexibility index (Phi) is 3.66. The molecule has 0 radical (unpaired) electrons. The summed E-state index contributed by atoms with van der Waals surface area (Å²) in [4.78, 5) is 4.15. The number of imidazole rings is 1. The highest BCUT2D eigenvalue weighted by atomic mass is 35.5. The number of nitrogens with zero attached hydrogens (tertiary/aromatic N) is 2. The largest absolute Gasteiger partial charge is 0.486 e.